The van der Waals surface area contributed by atoms with E-state index in [2.05, 4.69) is 10.2 Å². The highest BCUT2D eigenvalue weighted by atomic mass is 35.5. The molecule has 1 aromatic heterocycles. The largest absolute Gasteiger partial charge is 0.506 e. The first-order chi connectivity index (χ1) is 17.1. The maximum Gasteiger partial charge on any atom is 0.268 e. The van der Waals surface area contributed by atoms with Crippen LogP contribution in [0.4, 0.5) is 0 Å². The highest BCUT2D eigenvalue weighted by Gasteiger charge is 2.46. The monoisotopic (exact) mass is 507 g/mol. The summed E-state index contributed by atoms with van der Waals surface area (Å²) >= 11 is 0. The van der Waals surface area contributed by atoms with Gasteiger partial charge in [-0.15, -0.1) is 12.4 Å². The number of fused-ring (bicyclic) bond motifs is 1. The molecule has 0 spiro atoms. The molecule has 1 amide bonds. The third-order valence-electron chi connectivity index (χ3n) is 8.46. The van der Waals surface area contributed by atoms with Gasteiger partial charge in [-0.3, -0.25) is 14.5 Å². The molecule has 3 aromatic rings. The number of halogens is 1. The minimum atomic E-state index is -0.500. The summed E-state index contributed by atoms with van der Waals surface area (Å²) in [6, 6.07) is 18.3. The molecule has 4 fully saturated rings. The first kappa shape index (κ1) is 24.8. The fourth-order valence-electron chi connectivity index (χ4n) is 7.05. The SMILES string of the molecule is Cl.O=C(NCCCN1C2CC3CC(C2)CC1C3)c1c(O)c2ccccc2n(Cc2ccccc2)c1=O. The molecular formula is C29H34ClN3O3. The molecule has 2 aliphatic heterocycles. The fraction of sp³-hybridized carbons (Fsp3) is 0.448. The molecule has 2 saturated heterocycles. The Hall–Kier alpha value is -2.83. The number of hydrogen-bond donors (Lipinski definition) is 2. The van der Waals surface area contributed by atoms with E-state index in [1.807, 2.05) is 36.4 Å². The van der Waals surface area contributed by atoms with E-state index in [0.717, 1.165) is 42.4 Å². The predicted molar refractivity (Wildman–Crippen MR) is 144 cm³/mol. The Balaban J connectivity index is 0.00000267. The first-order valence-corrected chi connectivity index (χ1v) is 13.0. The van der Waals surface area contributed by atoms with Crippen LogP contribution in [0.5, 0.6) is 5.75 Å². The van der Waals surface area contributed by atoms with E-state index in [4.69, 9.17) is 0 Å². The van der Waals surface area contributed by atoms with Crippen LogP contribution in [0.1, 0.15) is 54.4 Å². The number of carbonyl (C=O) groups excluding carboxylic acids is 1. The number of hydrogen-bond acceptors (Lipinski definition) is 4. The average Bonchev–Trinajstić information content (AvgIpc) is 2.86. The molecule has 2 aliphatic carbocycles. The first-order valence-electron chi connectivity index (χ1n) is 13.0. The highest BCUT2D eigenvalue weighted by molar-refractivity contribution is 6.02. The van der Waals surface area contributed by atoms with E-state index in [9.17, 15) is 14.7 Å². The van der Waals surface area contributed by atoms with Crippen LogP contribution in [0.25, 0.3) is 10.9 Å². The van der Waals surface area contributed by atoms with Gasteiger partial charge in [0, 0.05) is 30.6 Å². The number of pyridine rings is 1. The van der Waals surface area contributed by atoms with Crippen molar-refractivity contribution >= 4 is 29.2 Å². The zero-order valence-corrected chi connectivity index (χ0v) is 21.3. The summed E-state index contributed by atoms with van der Waals surface area (Å²) in [6.07, 6.45) is 7.64. The van der Waals surface area contributed by atoms with E-state index in [1.165, 1.54) is 32.1 Å². The minimum absolute atomic E-state index is 0. The van der Waals surface area contributed by atoms with Crippen LogP contribution < -0.4 is 10.9 Å². The smallest absolute Gasteiger partial charge is 0.268 e. The molecule has 2 N–H and O–H groups in total. The summed E-state index contributed by atoms with van der Waals surface area (Å²) in [4.78, 5) is 29.2. The molecule has 4 bridgehead atoms. The maximum atomic E-state index is 13.4. The molecule has 7 heteroatoms. The molecule has 2 saturated carbocycles. The van der Waals surface area contributed by atoms with Crippen LogP contribution in [0.15, 0.2) is 59.4 Å². The van der Waals surface area contributed by atoms with Gasteiger partial charge in [0.2, 0.25) is 0 Å². The second kappa shape index (κ2) is 10.3. The van der Waals surface area contributed by atoms with Gasteiger partial charge in [-0.25, -0.2) is 0 Å². The summed E-state index contributed by atoms with van der Waals surface area (Å²) in [7, 11) is 0. The standard InChI is InChI=1S/C29H33N3O3.ClH/c33-27-24-9-4-5-10-25(24)32(18-19-7-2-1-3-8-19)29(35)26(27)28(34)30-11-6-12-31-22-14-20-13-21(16-22)17-23(31)15-20;/h1-5,7-10,20-23,33H,6,11-18H2,(H,30,34);1H. The predicted octanol–water partition coefficient (Wildman–Crippen LogP) is 4.56. The summed E-state index contributed by atoms with van der Waals surface area (Å²) in [5, 5.41) is 14.3. The summed E-state index contributed by atoms with van der Waals surface area (Å²) in [6.45, 7) is 1.81. The molecule has 0 radical (unpaired) electrons. The number of aromatic hydroxyl groups is 1. The highest BCUT2D eigenvalue weighted by Crippen LogP contribution is 2.49. The molecule has 3 heterocycles. The van der Waals surface area contributed by atoms with Gasteiger partial charge < -0.3 is 15.0 Å². The summed E-state index contributed by atoms with van der Waals surface area (Å²) < 4.78 is 1.58. The quantitative estimate of drug-likeness (QED) is 0.460. The van der Waals surface area contributed by atoms with E-state index in [1.54, 1.807) is 22.8 Å². The summed E-state index contributed by atoms with van der Waals surface area (Å²) in [5.74, 6) is 1.13. The van der Waals surface area contributed by atoms with Crippen molar-refractivity contribution in [3.8, 4) is 5.75 Å². The lowest BCUT2D eigenvalue weighted by Gasteiger charge is -2.56. The Labute approximate surface area is 217 Å². The van der Waals surface area contributed by atoms with Gasteiger partial charge in [0.1, 0.15) is 11.3 Å². The number of nitrogens with one attached hydrogen (secondary N) is 1. The van der Waals surface area contributed by atoms with E-state index < -0.39 is 11.5 Å². The van der Waals surface area contributed by atoms with Gasteiger partial charge in [-0.05, 0) is 68.1 Å². The lowest BCUT2D eigenvalue weighted by Crippen LogP contribution is -2.58. The van der Waals surface area contributed by atoms with Gasteiger partial charge in [-0.1, -0.05) is 42.5 Å². The molecule has 7 rings (SSSR count). The number of para-hydroxylation sites is 1. The van der Waals surface area contributed by atoms with Gasteiger partial charge >= 0.3 is 0 Å². The zero-order valence-electron chi connectivity index (χ0n) is 20.4. The number of amides is 1. The second-order valence-corrected chi connectivity index (χ2v) is 10.7. The van der Waals surface area contributed by atoms with Gasteiger partial charge in [0.05, 0.1) is 12.1 Å². The number of carbonyl (C=O) groups is 1. The lowest BCUT2D eigenvalue weighted by atomic mass is 9.63. The van der Waals surface area contributed by atoms with E-state index in [0.29, 0.717) is 24.0 Å². The number of nitrogens with zero attached hydrogens (tertiary/aromatic N) is 2. The van der Waals surface area contributed by atoms with Gasteiger partial charge in [-0.2, -0.15) is 0 Å². The Morgan fingerprint density at radius 3 is 2.25 bits per heavy atom. The normalized spacial score (nSPS) is 24.6. The van der Waals surface area contributed by atoms with Gasteiger partial charge in [0.15, 0.2) is 0 Å². The number of rotatable bonds is 7. The van der Waals surface area contributed by atoms with Crippen molar-refractivity contribution in [2.45, 2.75) is 57.2 Å². The molecule has 4 aliphatic rings. The van der Waals surface area contributed by atoms with Gasteiger partial charge in [0.25, 0.3) is 11.5 Å². The van der Waals surface area contributed by atoms with E-state index >= 15 is 0 Å². The summed E-state index contributed by atoms with van der Waals surface area (Å²) in [5.41, 5.74) is 0.938. The second-order valence-electron chi connectivity index (χ2n) is 10.7. The number of benzene rings is 2. The molecule has 36 heavy (non-hydrogen) atoms. The number of aromatic nitrogens is 1. The molecular weight excluding hydrogens is 474 g/mol. The topological polar surface area (TPSA) is 74.6 Å². The van der Waals surface area contributed by atoms with Crippen molar-refractivity contribution in [1.82, 2.24) is 14.8 Å². The molecule has 0 unspecified atom stereocenters. The molecule has 190 valence electrons. The van der Waals surface area contributed by atoms with Crippen LogP contribution in [-0.2, 0) is 6.54 Å². The Bertz CT molecular complexity index is 1280. The molecule has 0 atom stereocenters. The van der Waals surface area contributed by atoms with Crippen LogP contribution in [-0.4, -0.2) is 45.7 Å². The third-order valence-corrected chi connectivity index (χ3v) is 8.46. The van der Waals surface area contributed by atoms with Crippen molar-refractivity contribution in [3.63, 3.8) is 0 Å². The lowest BCUT2D eigenvalue weighted by molar-refractivity contribution is -0.0587. The number of piperidine rings is 2. The Morgan fingerprint density at radius 1 is 0.917 bits per heavy atom. The van der Waals surface area contributed by atoms with Crippen molar-refractivity contribution in [2.75, 3.05) is 13.1 Å². The molecule has 6 nitrogen and oxygen atoms in total. The minimum Gasteiger partial charge on any atom is -0.506 e. The van der Waals surface area contributed by atoms with Crippen molar-refractivity contribution in [3.05, 3.63) is 76.1 Å². The fourth-order valence-corrected chi connectivity index (χ4v) is 7.05. The van der Waals surface area contributed by atoms with Crippen LogP contribution >= 0.6 is 12.4 Å². The van der Waals surface area contributed by atoms with Crippen LogP contribution in [0, 0.1) is 11.8 Å². The third kappa shape index (κ3) is 4.53. The average molecular weight is 508 g/mol. The Morgan fingerprint density at radius 2 is 1.56 bits per heavy atom. The molecule has 2 aromatic carbocycles. The van der Waals surface area contributed by atoms with Crippen molar-refractivity contribution in [2.24, 2.45) is 11.8 Å². The Kier molecular flexibility index (Phi) is 7.09. The van der Waals surface area contributed by atoms with Crippen LogP contribution in [0.3, 0.4) is 0 Å². The van der Waals surface area contributed by atoms with Crippen molar-refractivity contribution < 1.29 is 9.90 Å². The zero-order chi connectivity index (χ0) is 23.9. The van der Waals surface area contributed by atoms with E-state index in [-0.39, 0.29) is 23.7 Å². The van der Waals surface area contributed by atoms with Crippen molar-refractivity contribution in [1.29, 1.82) is 0 Å². The maximum absolute atomic E-state index is 13.4. The van der Waals surface area contributed by atoms with Crippen LogP contribution in [0.2, 0.25) is 0 Å².